The van der Waals surface area contributed by atoms with Crippen molar-refractivity contribution in [3.8, 4) is 0 Å². The predicted molar refractivity (Wildman–Crippen MR) is 162 cm³/mol. The molecule has 1 aliphatic carbocycles. The lowest BCUT2D eigenvalue weighted by Gasteiger charge is -1.87. The molecule has 0 bridgehead atoms. The lowest BCUT2D eigenvalue weighted by Crippen LogP contribution is -1.76. The van der Waals surface area contributed by atoms with E-state index in [-0.39, 0.29) is 0 Å². The van der Waals surface area contributed by atoms with Gasteiger partial charge in [0, 0.05) is 31.3 Å². The zero-order valence-corrected chi connectivity index (χ0v) is 26.6. The molecule has 0 fully saturated rings. The summed E-state index contributed by atoms with van der Waals surface area (Å²) in [5.74, 6) is 0. The minimum Gasteiger partial charge on any atom is -0.122 e. The average molecular weight is 699 g/mol. The first-order valence-corrected chi connectivity index (χ1v) is 17.2. The van der Waals surface area contributed by atoms with Crippen molar-refractivity contribution >= 4 is 138 Å². The highest BCUT2D eigenvalue weighted by Crippen LogP contribution is 2.34. The van der Waals surface area contributed by atoms with Crippen molar-refractivity contribution in [2.75, 3.05) is 0 Å². The standard InChI is InChI=1S/C24H6Cl6S6/c25-13-1-7-8-2-14(26)32-20(8)22-11(5-16(28)34-22)12-6-18(30)36-24(12)23-10(4-17(29)35-23)9-3-15(27)33-21(9)19(7)31-13/h1-6H/b8-7+,10-9?,12-11?,21-19?,22-20?,24-23-. The molecule has 6 aromatic rings. The van der Waals surface area contributed by atoms with E-state index in [1.54, 1.807) is 0 Å². The highest BCUT2D eigenvalue weighted by molar-refractivity contribution is 7.19. The molecule has 0 amide bonds. The second-order valence-corrected chi connectivity index (χ2v) is 17.9. The van der Waals surface area contributed by atoms with E-state index in [4.69, 9.17) is 69.6 Å². The van der Waals surface area contributed by atoms with Crippen LogP contribution in [0.3, 0.4) is 0 Å². The normalized spacial score (nSPS) is 14.2. The molecule has 0 atom stereocenters. The molecule has 0 saturated heterocycles. The Morgan fingerprint density at radius 3 is 0.556 bits per heavy atom. The fraction of sp³-hybridized carbons (Fsp3) is 0. The molecule has 36 heavy (non-hydrogen) atoms. The first kappa shape index (κ1) is 24.9. The Balaban J connectivity index is 2.14. The highest BCUT2D eigenvalue weighted by atomic mass is 35.5. The number of hydrogen-bond acceptors (Lipinski definition) is 6. The van der Waals surface area contributed by atoms with Crippen LogP contribution in [0.15, 0.2) is 36.4 Å². The summed E-state index contributed by atoms with van der Waals surface area (Å²) in [6.45, 7) is 0. The summed E-state index contributed by atoms with van der Waals surface area (Å²) in [5, 5.41) is 6.11. The van der Waals surface area contributed by atoms with Crippen molar-refractivity contribution in [3.63, 3.8) is 0 Å². The maximum Gasteiger partial charge on any atom is 0.0941 e. The number of fused-ring (bicyclic) bond motifs is 6. The van der Waals surface area contributed by atoms with Gasteiger partial charge in [0.1, 0.15) is 0 Å². The van der Waals surface area contributed by atoms with Gasteiger partial charge < -0.3 is 0 Å². The van der Waals surface area contributed by atoms with E-state index in [0.717, 1.165) is 58.5 Å². The molecule has 12 heteroatoms. The molecule has 6 heterocycles. The average Bonchev–Trinajstić information content (AvgIpc) is 3.61. The summed E-state index contributed by atoms with van der Waals surface area (Å²) in [4.78, 5) is 0. The van der Waals surface area contributed by atoms with Crippen molar-refractivity contribution in [2.45, 2.75) is 0 Å². The van der Waals surface area contributed by atoms with E-state index >= 15 is 0 Å². The number of thiophene rings is 6. The van der Waals surface area contributed by atoms with Gasteiger partial charge in [-0.15, -0.1) is 68.0 Å². The molecule has 0 N–H and O–H groups in total. The van der Waals surface area contributed by atoms with Crippen LogP contribution in [0.2, 0.25) is 26.0 Å². The summed E-state index contributed by atoms with van der Waals surface area (Å²) in [5.41, 5.74) is 0. The molecule has 0 nitrogen and oxygen atoms in total. The number of rotatable bonds is 0. The maximum absolute atomic E-state index is 6.64. The topological polar surface area (TPSA) is 0 Å². The van der Waals surface area contributed by atoms with Gasteiger partial charge in [0.2, 0.25) is 0 Å². The Labute approximate surface area is 255 Å². The zero-order chi connectivity index (χ0) is 24.9. The van der Waals surface area contributed by atoms with Gasteiger partial charge in [-0.2, -0.15) is 0 Å². The second-order valence-electron chi connectivity index (χ2n) is 7.76. The molecular formula is C24H6Cl6S6. The minimum atomic E-state index is 0.692. The predicted octanol–water partition coefficient (Wildman–Crippen LogP) is 12.0. The monoisotopic (exact) mass is 696 g/mol. The fourth-order valence-electron chi connectivity index (χ4n) is 4.38. The van der Waals surface area contributed by atoms with E-state index in [1.165, 1.54) is 68.0 Å². The first-order chi connectivity index (χ1) is 17.3. The van der Waals surface area contributed by atoms with Crippen LogP contribution in [0.4, 0.5) is 0 Å². The van der Waals surface area contributed by atoms with Gasteiger partial charge in [-0.05, 0) is 36.4 Å². The van der Waals surface area contributed by atoms with Crippen molar-refractivity contribution in [3.05, 3.63) is 121 Å². The summed E-state index contributed by atoms with van der Waals surface area (Å²) < 4.78 is 10.4. The zero-order valence-electron chi connectivity index (χ0n) is 17.2. The van der Waals surface area contributed by atoms with Crippen molar-refractivity contribution in [2.24, 2.45) is 0 Å². The van der Waals surface area contributed by atoms with Crippen molar-refractivity contribution in [1.29, 1.82) is 0 Å². The van der Waals surface area contributed by atoms with Crippen LogP contribution < -0.4 is 0 Å². The molecule has 0 spiro atoms. The van der Waals surface area contributed by atoms with Gasteiger partial charge in [0.15, 0.2) is 0 Å². The van der Waals surface area contributed by atoms with Crippen molar-refractivity contribution < 1.29 is 0 Å². The van der Waals surface area contributed by atoms with Gasteiger partial charge in [0.25, 0.3) is 0 Å². The van der Waals surface area contributed by atoms with Crippen LogP contribution in [-0.4, -0.2) is 0 Å². The van der Waals surface area contributed by atoms with E-state index < -0.39 is 0 Å². The quantitative estimate of drug-likeness (QED) is 0.148. The van der Waals surface area contributed by atoms with Crippen LogP contribution in [0.1, 0.15) is 0 Å². The largest absolute Gasteiger partial charge is 0.122 e. The van der Waals surface area contributed by atoms with E-state index in [0.29, 0.717) is 26.0 Å². The van der Waals surface area contributed by atoms with Crippen LogP contribution in [0, 0.1) is 58.5 Å². The third-order valence-corrected chi connectivity index (χ3v) is 13.8. The number of hydrogen-bond donors (Lipinski definition) is 0. The fourth-order valence-corrected chi connectivity index (χ4v) is 12.3. The Morgan fingerprint density at radius 1 is 0.278 bits per heavy atom. The van der Waals surface area contributed by atoms with Crippen LogP contribution in [-0.2, 0) is 0 Å². The smallest absolute Gasteiger partial charge is 0.0941 e. The molecule has 6 aromatic heterocycles. The first-order valence-electron chi connectivity index (χ1n) is 10.0. The molecule has 7 rings (SSSR count). The number of halogens is 6. The molecule has 180 valence electrons. The van der Waals surface area contributed by atoms with E-state index in [2.05, 4.69) is 0 Å². The minimum absolute atomic E-state index is 0.692. The summed E-state index contributed by atoms with van der Waals surface area (Å²) >= 11 is 49.1. The molecule has 1 aliphatic rings. The molecule has 0 aliphatic heterocycles. The van der Waals surface area contributed by atoms with Gasteiger partial charge in [-0.3, -0.25) is 0 Å². The third-order valence-electron chi connectivity index (χ3n) is 5.70. The Kier molecular flexibility index (Phi) is 6.41. The molecule has 0 radical (unpaired) electrons. The van der Waals surface area contributed by atoms with E-state index in [9.17, 15) is 0 Å². The van der Waals surface area contributed by atoms with Gasteiger partial charge in [0.05, 0.1) is 53.2 Å². The van der Waals surface area contributed by atoms with Crippen LogP contribution >= 0.6 is 138 Å². The highest BCUT2D eigenvalue weighted by Gasteiger charge is 2.11. The molecule has 0 unspecified atom stereocenters. The maximum atomic E-state index is 6.64. The summed E-state index contributed by atoms with van der Waals surface area (Å²) in [6.07, 6.45) is 0. The summed E-state index contributed by atoms with van der Waals surface area (Å²) in [6, 6.07) is 12.1. The van der Waals surface area contributed by atoms with Crippen LogP contribution in [0.25, 0.3) is 0 Å². The van der Waals surface area contributed by atoms with E-state index in [1.807, 2.05) is 36.4 Å². The third kappa shape index (κ3) is 4.00. The Bertz CT molecular complexity index is 1790. The Hall–Kier alpha value is -0.0600. The SMILES string of the molecule is Clc1cc2c(s1)=c1sc(Cl)c/c1=c1/cc(Cl)sc1=c1sc(Cl)cc1=c1cc(Cl)s/c1=c1\sc(Cl)cc1=2. The van der Waals surface area contributed by atoms with Crippen LogP contribution in [0.5, 0.6) is 0 Å². The van der Waals surface area contributed by atoms with Gasteiger partial charge in [-0.1, -0.05) is 69.6 Å². The van der Waals surface area contributed by atoms with Gasteiger partial charge in [-0.25, -0.2) is 0 Å². The van der Waals surface area contributed by atoms with Gasteiger partial charge >= 0.3 is 0 Å². The molecular weight excluding hydrogens is 693 g/mol. The Morgan fingerprint density at radius 2 is 0.417 bits per heavy atom. The molecule has 0 aromatic carbocycles. The summed E-state index contributed by atoms with van der Waals surface area (Å²) in [7, 11) is 0. The lowest BCUT2D eigenvalue weighted by molar-refractivity contribution is 1.45. The second kappa shape index (κ2) is 9.26. The van der Waals surface area contributed by atoms with Crippen molar-refractivity contribution in [1.82, 2.24) is 0 Å². The molecule has 0 saturated carbocycles. The lowest BCUT2D eigenvalue weighted by atomic mass is 10.2.